The summed E-state index contributed by atoms with van der Waals surface area (Å²) in [6, 6.07) is 5.97. The number of halogens is 1. The number of nitrogens with one attached hydrogen (secondary N) is 1. The van der Waals surface area contributed by atoms with E-state index >= 15 is 0 Å². The summed E-state index contributed by atoms with van der Waals surface area (Å²) in [7, 11) is 0. The van der Waals surface area contributed by atoms with E-state index in [4.69, 9.17) is 12.2 Å². The third-order valence-electron chi connectivity index (χ3n) is 2.78. The predicted octanol–water partition coefficient (Wildman–Crippen LogP) is 3.81. The molecule has 0 saturated carbocycles. The van der Waals surface area contributed by atoms with Crippen LogP contribution in [0.25, 0.3) is 5.69 Å². The molecule has 1 aromatic heterocycles. The van der Waals surface area contributed by atoms with Crippen molar-refractivity contribution in [1.82, 2.24) is 15.1 Å². The summed E-state index contributed by atoms with van der Waals surface area (Å²) >= 11 is 7.96. The van der Waals surface area contributed by atoms with E-state index in [0.29, 0.717) is 21.9 Å². The summed E-state index contributed by atoms with van der Waals surface area (Å²) < 4.78 is 15.8. The Kier molecular flexibility index (Phi) is 6.53. The van der Waals surface area contributed by atoms with E-state index in [1.54, 1.807) is 16.8 Å². The molecule has 0 atom stereocenters. The highest BCUT2D eigenvalue weighted by molar-refractivity contribution is 8.01. The lowest BCUT2D eigenvalue weighted by atomic mass is 10.3. The number of hydrogen-bond donors (Lipinski definition) is 1. The maximum absolute atomic E-state index is 12.9. The quantitative estimate of drug-likeness (QED) is 0.465. The Morgan fingerprint density at radius 1 is 1.45 bits per heavy atom. The molecule has 0 spiro atoms. The number of hydrogen-bond acceptors (Lipinski definition) is 5. The second-order valence-corrected chi connectivity index (χ2v) is 7.36. The van der Waals surface area contributed by atoms with Gasteiger partial charge in [0, 0.05) is 6.54 Å². The summed E-state index contributed by atoms with van der Waals surface area (Å²) in [5, 5.41) is 7.23. The van der Waals surface area contributed by atoms with Crippen LogP contribution in [0.15, 0.2) is 28.6 Å². The average molecular weight is 358 g/mol. The van der Waals surface area contributed by atoms with E-state index in [2.05, 4.69) is 17.3 Å². The molecule has 1 aromatic carbocycles. The van der Waals surface area contributed by atoms with Gasteiger partial charge in [0.25, 0.3) is 0 Å². The number of benzene rings is 1. The summed E-state index contributed by atoms with van der Waals surface area (Å²) in [5.41, 5.74) is 0.710. The first-order chi connectivity index (χ1) is 10.6. The van der Waals surface area contributed by atoms with Gasteiger partial charge in [-0.2, -0.15) is 0 Å². The molecule has 2 rings (SSSR count). The van der Waals surface area contributed by atoms with Crippen molar-refractivity contribution in [2.45, 2.75) is 24.1 Å². The molecule has 4 nitrogen and oxygen atoms in total. The number of amides is 1. The molecular weight excluding hydrogens is 341 g/mol. The molecule has 1 heterocycles. The minimum absolute atomic E-state index is 0.00657. The highest BCUT2D eigenvalue weighted by Gasteiger charge is 2.09. The molecule has 2 aromatic rings. The largest absolute Gasteiger partial charge is 0.355 e. The van der Waals surface area contributed by atoms with Crippen LogP contribution in [0.5, 0.6) is 0 Å². The fourth-order valence-electron chi connectivity index (χ4n) is 1.65. The lowest BCUT2D eigenvalue weighted by Gasteiger charge is -2.02. The highest BCUT2D eigenvalue weighted by Crippen LogP contribution is 2.23. The number of nitrogens with zero attached hydrogens (tertiary/aromatic N) is 2. The lowest BCUT2D eigenvalue weighted by Crippen LogP contribution is -2.25. The van der Waals surface area contributed by atoms with Crippen LogP contribution in [0, 0.1) is 9.77 Å². The van der Waals surface area contributed by atoms with Crippen molar-refractivity contribution in [3.8, 4) is 5.69 Å². The Morgan fingerprint density at radius 2 is 2.18 bits per heavy atom. The van der Waals surface area contributed by atoms with Crippen LogP contribution in [0.4, 0.5) is 4.39 Å². The van der Waals surface area contributed by atoms with Crippen molar-refractivity contribution < 1.29 is 9.18 Å². The molecule has 118 valence electrons. The fourth-order valence-corrected chi connectivity index (χ4v) is 3.84. The van der Waals surface area contributed by atoms with Crippen LogP contribution >= 0.6 is 35.3 Å². The minimum atomic E-state index is -0.302. The highest BCUT2D eigenvalue weighted by atomic mass is 32.2. The van der Waals surface area contributed by atoms with Gasteiger partial charge in [0.1, 0.15) is 5.82 Å². The zero-order valence-electron chi connectivity index (χ0n) is 12.0. The standard InChI is InChI=1S/C14H16FN3OS3/c1-2-3-8-16-12(19)9-21-13-17-18(14(20)22-13)11-6-4-10(15)5-7-11/h4-7H,2-3,8-9H2,1H3,(H,16,19). The van der Waals surface area contributed by atoms with E-state index in [9.17, 15) is 9.18 Å². The van der Waals surface area contributed by atoms with Crippen LogP contribution in [0.3, 0.4) is 0 Å². The van der Waals surface area contributed by atoms with Crippen LogP contribution in [0.1, 0.15) is 19.8 Å². The Hall–Kier alpha value is -1.25. The number of rotatable bonds is 7. The molecule has 0 aliphatic heterocycles. The van der Waals surface area contributed by atoms with Crippen molar-refractivity contribution in [2.24, 2.45) is 0 Å². The predicted molar refractivity (Wildman–Crippen MR) is 90.9 cm³/mol. The Bertz CT molecular complexity index is 681. The molecule has 0 aliphatic carbocycles. The van der Waals surface area contributed by atoms with E-state index in [1.165, 1.54) is 35.2 Å². The normalized spacial score (nSPS) is 10.6. The van der Waals surface area contributed by atoms with E-state index in [1.807, 2.05) is 0 Å². The Balaban J connectivity index is 1.97. The minimum Gasteiger partial charge on any atom is -0.355 e. The SMILES string of the molecule is CCCCNC(=O)CSc1nn(-c2ccc(F)cc2)c(=S)s1. The monoisotopic (exact) mass is 357 g/mol. The second kappa shape index (κ2) is 8.40. The van der Waals surface area contributed by atoms with E-state index in [0.717, 1.165) is 17.2 Å². The maximum Gasteiger partial charge on any atom is 0.230 e. The van der Waals surface area contributed by atoms with Gasteiger partial charge >= 0.3 is 0 Å². The van der Waals surface area contributed by atoms with Crippen molar-refractivity contribution in [1.29, 1.82) is 0 Å². The van der Waals surface area contributed by atoms with Gasteiger partial charge in [-0.25, -0.2) is 9.07 Å². The van der Waals surface area contributed by atoms with Gasteiger partial charge in [-0.15, -0.1) is 5.10 Å². The molecule has 1 amide bonds. The Labute approximate surface area is 141 Å². The van der Waals surface area contributed by atoms with Gasteiger partial charge in [0.2, 0.25) is 5.91 Å². The van der Waals surface area contributed by atoms with Gasteiger partial charge in [0.05, 0.1) is 11.4 Å². The van der Waals surface area contributed by atoms with Gasteiger partial charge in [-0.1, -0.05) is 36.4 Å². The molecule has 0 unspecified atom stereocenters. The van der Waals surface area contributed by atoms with E-state index < -0.39 is 0 Å². The molecular formula is C14H16FN3OS3. The molecule has 0 aliphatic rings. The fraction of sp³-hybridized carbons (Fsp3) is 0.357. The molecule has 8 heteroatoms. The summed E-state index contributed by atoms with van der Waals surface area (Å²) in [6.45, 7) is 2.78. The summed E-state index contributed by atoms with van der Waals surface area (Å²) in [6.07, 6.45) is 2.03. The average Bonchev–Trinajstić information content (AvgIpc) is 2.87. The first-order valence-corrected chi connectivity index (χ1v) is 9.07. The molecule has 0 radical (unpaired) electrons. The first-order valence-electron chi connectivity index (χ1n) is 6.85. The number of carbonyl (C=O) groups excluding carboxylic acids is 1. The summed E-state index contributed by atoms with van der Waals surface area (Å²) in [5.74, 6) is 0.00633. The number of unbranched alkanes of at least 4 members (excludes halogenated alkanes) is 1. The van der Waals surface area contributed by atoms with Gasteiger partial charge < -0.3 is 5.32 Å². The van der Waals surface area contributed by atoms with Crippen molar-refractivity contribution in [3.63, 3.8) is 0 Å². The zero-order valence-corrected chi connectivity index (χ0v) is 14.5. The maximum atomic E-state index is 12.9. The second-order valence-electron chi connectivity index (χ2n) is 4.51. The number of aromatic nitrogens is 2. The van der Waals surface area contributed by atoms with Crippen LogP contribution in [0.2, 0.25) is 0 Å². The zero-order chi connectivity index (χ0) is 15.9. The van der Waals surface area contributed by atoms with Gasteiger partial charge in [0.15, 0.2) is 8.29 Å². The van der Waals surface area contributed by atoms with Crippen molar-refractivity contribution >= 4 is 41.2 Å². The molecule has 0 saturated heterocycles. The van der Waals surface area contributed by atoms with Crippen molar-refractivity contribution in [2.75, 3.05) is 12.3 Å². The van der Waals surface area contributed by atoms with Crippen LogP contribution in [-0.4, -0.2) is 28.0 Å². The topological polar surface area (TPSA) is 46.9 Å². The first kappa shape index (κ1) is 17.1. The molecule has 0 bridgehead atoms. The van der Waals surface area contributed by atoms with Crippen LogP contribution in [-0.2, 0) is 4.79 Å². The molecule has 1 N–H and O–H groups in total. The number of thioether (sulfide) groups is 1. The van der Waals surface area contributed by atoms with Gasteiger partial charge in [-0.3, -0.25) is 4.79 Å². The van der Waals surface area contributed by atoms with Gasteiger partial charge in [-0.05, 0) is 42.9 Å². The Morgan fingerprint density at radius 3 is 2.86 bits per heavy atom. The third-order valence-corrected chi connectivity index (χ3v) is 5.15. The smallest absolute Gasteiger partial charge is 0.230 e. The molecule has 0 fully saturated rings. The lowest BCUT2D eigenvalue weighted by molar-refractivity contribution is -0.118. The summed E-state index contributed by atoms with van der Waals surface area (Å²) in [4.78, 5) is 11.7. The van der Waals surface area contributed by atoms with E-state index in [-0.39, 0.29) is 11.7 Å². The van der Waals surface area contributed by atoms with Crippen LogP contribution < -0.4 is 5.32 Å². The number of carbonyl (C=O) groups is 1. The molecule has 22 heavy (non-hydrogen) atoms. The third kappa shape index (κ3) is 4.89. The van der Waals surface area contributed by atoms with Crippen molar-refractivity contribution in [3.05, 3.63) is 34.0 Å².